The Morgan fingerprint density at radius 1 is 0.737 bits per heavy atom. The summed E-state index contributed by atoms with van der Waals surface area (Å²) in [6, 6.07) is 1.87. The van der Waals surface area contributed by atoms with Gasteiger partial charge in [-0.05, 0) is 0 Å². The summed E-state index contributed by atoms with van der Waals surface area (Å²) in [5.41, 5.74) is -3.47. The van der Waals surface area contributed by atoms with Gasteiger partial charge in [0.1, 0.15) is 36.6 Å². The van der Waals surface area contributed by atoms with Crippen LogP contribution in [0.5, 0.6) is 0 Å². The molecule has 2 aliphatic rings. The topological polar surface area (TPSA) is 285 Å². The Morgan fingerprint density at radius 3 is 1.45 bits per heavy atom. The third-order valence-electron chi connectivity index (χ3n) is 5.80. The zero-order valence-corrected chi connectivity index (χ0v) is 19.8. The molecule has 2 saturated heterocycles. The van der Waals surface area contributed by atoms with E-state index < -0.39 is 92.4 Å². The SMILES string of the molecule is O=c1ccn([C@@H]2O[C@H](C(O)O[PH](=O)OC(O)[C@H]3O[C@@H](n4ccc(=O)[nH]c4=O)[C@H](O)[C@@H]3O)[C@@H](O)[C@H]2O)c(=O)[nH]1. The molecule has 0 aliphatic carbocycles. The van der Waals surface area contributed by atoms with Crippen molar-refractivity contribution in [3.05, 3.63) is 66.2 Å². The number of ether oxygens (including phenoxy) is 2. The van der Waals surface area contributed by atoms with E-state index >= 15 is 0 Å². The maximum Gasteiger partial charge on any atom is 0.330 e. The summed E-state index contributed by atoms with van der Waals surface area (Å²) in [7, 11) is -3.86. The van der Waals surface area contributed by atoms with Gasteiger partial charge in [-0.15, -0.1) is 0 Å². The van der Waals surface area contributed by atoms with Crippen molar-refractivity contribution in [1.29, 1.82) is 0 Å². The fraction of sp³-hybridized carbons (Fsp3) is 0.556. The molecule has 0 saturated carbocycles. The summed E-state index contributed by atoms with van der Waals surface area (Å²) in [6.45, 7) is 0. The number of H-pyrrole nitrogens is 2. The van der Waals surface area contributed by atoms with Crippen LogP contribution in [0.1, 0.15) is 12.5 Å². The zero-order valence-electron chi connectivity index (χ0n) is 18.8. The lowest BCUT2D eigenvalue weighted by molar-refractivity contribution is -0.176. The minimum atomic E-state index is -3.86. The predicted octanol–water partition coefficient (Wildman–Crippen LogP) is -5.62. The number of aliphatic hydroxyl groups excluding tert-OH is 6. The van der Waals surface area contributed by atoms with Crippen molar-refractivity contribution < 1.29 is 53.7 Å². The molecule has 0 aromatic carbocycles. The molecule has 0 spiro atoms. The first-order valence-electron chi connectivity index (χ1n) is 10.8. The molecule has 20 heteroatoms. The number of aromatic nitrogens is 4. The van der Waals surface area contributed by atoms with Crippen molar-refractivity contribution in [3.63, 3.8) is 0 Å². The second-order valence-electron chi connectivity index (χ2n) is 8.25. The van der Waals surface area contributed by atoms with Crippen molar-refractivity contribution in [2.45, 2.75) is 61.7 Å². The molecule has 2 fully saturated rings. The van der Waals surface area contributed by atoms with Gasteiger partial charge in [-0.2, -0.15) is 0 Å². The summed E-state index contributed by atoms with van der Waals surface area (Å²) in [6.07, 6.45) is -16.6. The van der Waals surface area contributed by atoms with Gasteiger partial charge in [-0.1, -0.05) is 0 Å². The fourth-order valence-corrected chi connectivity index (χ4v) is 4.63. The largest absolute Gasteiger partial charge is 0.387 e. The van der Waals surface area contributed by atoms with E-state index in [-0.39, 0.29) is 0 Å². The smallest absolute Gasteiger partial charge is 0.330 e. The minimum Gasteiger partial charge on any atom is -0.387 e. The van der Waals surface area contributed by atoms with E-state index in [2.05, 4.69) is 0 Å². The van der Waals surface area contributed by atoms with Crippen LogP contribution < -0.4 is 22.5 Å². The molecule has 10 atom stereocenters. The molecule has 210 valence electrons. The number of hydrogen-bond acceptors (Lipinski definition) is 15. The molecule has 0 bridgehead atoms. The number of aromatic amines is 2. The van der Waals surface area contributed by atoms with E-state index in [1.165, 1.54) is 0 Å². The summed E-state index contributed by atoms with van der Waals surface area (Å²) in [5.74, 6) is 0. The summed E-state index contributed by atoms with van der Waals surface area (Å²) < 4.78 is 33.6. The summed E-state index contributed by atoms with van der Waals surface area (Å²) in [4.78, 5) is 50.1. The maximum absolute atomic E-state index is 12.3. The van der Waals surface area contributed by atoms with Gasteiger partial charge in [0.2, 0.25) is 0 Å². The van der Waals surface area contributed by atoms with Gasteiger partial charge >= 0.3 is 19.6 Å². The van der Waals surface area contributed by atoms with Crippen LogP contribution >= 0.6 is 8.25 Å². The van der Waals surface area contributed by atoms with E-state index in [0.29, 0.717) is 0 Å². The Hall–Kier alpha value is -2.81. The highest BCUT2D eigenvalue weighted by Crippen LogP contribution is 2.37. The van der Waals surface area contributed by atoms with E-state index in [1.807, 2.05) is 9.97 Å². The highest BCUT2D eigenvalue weighted by molar-refractivity contribution is 7.33. The van der Waals surface area contributed by atoms with Crippen molar-refractivity contribution >= 4 is 8.25 Å². The average Bonchev–Trinajstić information content (AvgIpc) is 3.30. The lowest BCUT2D eigenvalue weighted by atomic mass is 10.1. The van der Waals surface area contributed by atoms with Gasteiger partial charge in [0.25, 0.3) is 11.1 Å². The Labute approximate surface area is 209 Å². The van der Waals surface area contributed by atoms with E-state index in [1.54, 1.807) is 0 Å². The van der Waals surface area contributed by atoms with Gasteiger partial charge in [0.05, 0.1) is 0 Å². The van der Waals surface area contributed by atoms with Gasteiger partial charge in [0, 0.05) is 24.5 Å². The van der Waals surface area contributed by atoms with Gasteiger partial charge in [0.15, 0.2) is 25.0 Å². The average molecular weight is 566 g/mol. The number of rotatable bonds is 8. The van der Waals surface area contributed by atoms with Crippen LogP contribution in [0.15, 0.2) is 43.7 Å². The van der Waals surface area contributed by atoms with Crippen molar-refractivity contribution in [3.8, 4) is 0 Å². The molecule has 0 radical (unpaired) electrons. The second-order valence-corrected chi connectivity index (χ2v) is 9.22. The maximum atomic E-state index is 12.3. The fourth-order valence-electron chi connectivity index (χ4n) is 3.92. The third-order valence-corrected chi connectivity index (χ3v) is 6.67. The first kappa shape index (κ1) is 28.2. The zero-order chi connectivity index (χ0) is 27.9. The highest BCUT2D eigenvalue weighted by atomic mass is 31.1. The molecule has 8 N–H and O–H groups in total. The van der Waals surface area contributed by atoms with E-state index in [4.69, 9.17) is 18.5 Å². The molecule has 2 unspecified atom stereocenters. The molecule has 2 aromatic heterocycles. The monoisotopic (exact) mass is 566 g/mol. The van der Waals surface area contributed by atoms with Gasteiger partial charge in [-0.3, -0.25) is 42.3 Å². The highest BCUT2D eigenvalue weighted by Gasteiger charge is 2.50. The Kier molecular flexibility index (Phi) is 8.26. The Bertz CT molecular complexity index is 1300. The molecule has 4 rings (SSSR count). The lowest BCUT2D eigenvalue weighted by Gasteiger charge is -2.23. The first-order chi connectivity index (χ1) is 17.9. The lowest BCUT2D eigenvalue weighted by Crippen LogP contribution is -2.41. The van der Waals surface area contributed by atoms with Crippen molar-refractivity contribution in [2.24, 2.45) is 0 Å². The minimum absolute atomic E-state index is 0.722. The molecule has 38 heavy (non-hydrogen) atoms. The molecular weight excluding hydrogens is 543 g/mol. The normalized spacial score (nSPS) is 33.7. The molecule has 2 aromatic rings. The van der Waals surface area contributed by atoms with Crippen LogP contribution in [-0.4, -0.2) is 98.9 Å². The Balaban J connectivity index is 1.38. The molecule has 2 aliphatic heterocycles. The molecule has 0 amide bonds. The van der Waals surface area contributed by atoms with Crippen molar-refractivity contribution in [1.82, 2.24) is 19.1 Å². The van der Waals surface area contributed by atoms with Crippen LogP contribution in [0.2, 0.25) is 0 Å². The third kappa shape index (κ3) is 5.48. The van der Waals surface area contributed by atoms with Crippen LogP contribution in [-0.2, 0) is 23.1 Å². The van der Waals surface area contributed by atoms with Crippen LogP contribution in [0.4, 0.5) is 0 Å². The standard InChI is InChI=1S/C18H23N4O15P/c23-5-1-3-21(17(31)19-5)13-9(27)7(25)11(34-13)15(29)36-38(33)37-16(30)12-8(26)10(28)14(35-12)22-4-2-6(24)20-18(22)32/h1-4,7-16,25-30,38H,(H,19,23,31)(H,20,24,32)/t7-,8-,9+,10+,11-,12-,13+,14+,15?,16?/m0/s1. The summed E-state index contributed by atoms with van der Waals surface area (Å²) in [5, 5.41) is 61.2. The predicted molar refractivity (Wildman–Crippen MR) is 118 cm³/mol. The van der Waals surface area contributed by atoms with Crippen LogP contribution in [0, 0.1) is 0 Å². The molecule has 19 nitrogen and oxygen atoms in total. The quantitative estimate of drug-likeness (QED) is 0.109. The second kappa shape index (κ2) is 11.1. The molecular formula is C18H23N4O15P. The summed E-state index contributed by atoms with van der Waals surface area (Å²) >= 11 is 0. The number of aliphatic hydroxyl groups is 6. The van der Waals surface area contributed by atoms with Gasteiger partial charge < -0.3 is 40.1 Å². The number of nitrogens with one attached hydrogen (secondary N) is 2. The first-order valence-corrected chi connectivity index (χ1v) is 12.0. The van der Waals surface area contributed by atoms with Crippen molar-refractivity contribution in [2.75, 3.05) is 0 Å². The van der Waals surface area contributed by atoms with Crippen LogP contribution in [0.3, 0.4) is 0 Å². The number of nitrogens with zero attached hydrogens (tertiary/aromatic N) is 2. The number of hydrogen-bond donors (Lipinski definition) is 8. The van der Waals surface area contributed by atoms with E-state index in [9.17, 15) is 54.4 Å². The Morgan fingerprint density at radius 2 is 1.11 bits per heavy atom. The molecule has 4 heterocycles. The van der Waals surface area contributed by atoms with E-state index in [0.717, 1.165) is 33.7 Å². The van der Waals surface area contributed by atoms with Gasteiger partial charge in [-0.25, -0.2) is 9.59 Å². The van der Waals surface area contributed by atoms with Crippen LogP contribution in [0.25, 0.3) is 0 Å².